The van der Waals surface area contributed by atoms with Crippen molar-refractivity contribution < 1.29 is 0 Å². The molecule has 0 saturated heterocycles. The standard InChI is InChI=1S/C14H19N3S/c1-11-6-5-9-13(10-11)16-17-14(18)15-12-7-3-2-4-8-12/h2-4,7-8,11H,5-6,9-10H2,1H3,(H2,15,17,18)/t11-/m0/s1. The smallest absolute Gasteiger partial charge is 0.191 e. The van der Waals surface area contributed by atoms with Crippen molar-refractivity contribution in [2.24, 2.45) is 11.0 Å². The van der Waals surface area contributed by atoms with Crippen LogP contribution in [0.15, 0.2) is 35.4 Å². The van der Waals surface area contributed by atoms with Gasteiger partial charge >= 0.3 is 0 Å². The van der Waals surface area contributed by atoms with Crippen molar-refractivity contribution in [3.63, 3.8) is 0 Å². The first-order valence-electron chi connectivity index (χ1n) is 6.41. The zero-order chi connectivity index (χ0) is 12.8. The fourth-order valence-electron chi connectivity index (χ4n) is 2.17. The minimum Gasteiger partial charge on any atom is -0.331 e. The van der Waals surface area contributed by atoms with Gasteiger partial charge in [0.15, 0.2) is 5.11 Å². The second-order valence-electron chi connectivity index (χ2n) is 4.81. The average Bonchev–Trinajstić information content (AvgIpc) is 2.38. The van der Waals surface area contributed by atoms with Gasteiger partial charge in [0.25, 0.3) is 0 Å². The Kier molecular flexibility index (Phi) is 4.70. The monoisotopic (exact) mass is 261 g/mol. The molecule has 96 valence electrons. The van der Waals surface area contributed by atoms with Crippen molar-refractivity contribution >= 4 is 28.7 Å². The van der Waals surface area contributed by atoms with Gasteiger partial charge in [-0.15, -0.1) is 0 Å². The van der Waals surface area contributed by atoms with Gasteiger partial charge in [-0.05, 0) is 56.0 Å². The predicted molar refractivity (Wildman–Crippen MR) is 80.9 cm³/mol. The topological polar surface area (TPSA) is 36.4 Å². The fourth-order valence-corrected chi connectivity index (χ4v) is 2.34. The summed E-state index contributed by atoms with van der Waals surface area (Å²) in [5.74, 6) is 0.745. The lowest BCUT2D eigenvalue weighted by Crippen LogP contribution is -2.26. The Morgan fingerprint density at radius 3 is 2.83 bits per heavy atom. The van der Waals surface area contributed by atoms with Crippen LogP contribution in [0.25, 0.3) is 0 Å². The third-order valence-electron chi connectivity index (χ3n) is 3.09. The minimum absolute atomic E-state index is 0.548. The number of rotatable bonds is 2. The molecule has 3 nitrogen and oxygen atoms in total. The molecular weight excluding hydrogens is 242 g/mol. The Morgan fingerprint density at radius 2 is 2.11 bits per heavy atom. The van der Waals surface area contributed by atoms with Gasteiger partial charge in [0.05, 0.1) is 0 Å². The lowest BCUT2D eigenvalue weighted by Gasteiger charge is -2.19. The summed E-state index contributed by atoms with van der Waals surface area (Å²) < 4.78 is 0. The summed E-state index contributed by atoms with van der Waals surface area (Å²) in [4.78, 5) is 0. The maximum absolute atomic E-state index is 5.20. The molecule has 1 aromatic rings. The Morgan fingerprint density at radius 1 is 1.33 bits per heavy atom. The highest BCUT2D eigenvalue weighted by Gasteiger charge is 2.13. The molecule has 0 aromatic heterocycles. The van der Waals surface area contributed by atoms with Gasteiger partial charge in [0, 0.05) is 11.4 Å². The number of nitrogens with zero attached hydrogens (tertiary/aromatic N) is 1. The van der Waals surface area contributed by atoms with E-state index in [4.69, 9.17) is 12.2 Å². The number of hydrazone groups is 1. The van der Waals surface area contributed by atoms with Crippen LogP contribution in [0.5, 0.6) is 0 Å². The average molecular weight is 261 g/mol. The van der Waals surface area contributed by atoms with Crippen molar-refractivity contribution in [2.45, 2.75) is 32.6 Å². The van der Waals surface area contributed by atoms with Crippen molar-refractivity contribution in [3.8, 4) is 0 Å². The Balaban J connectivity index is 1.83. The van der Waals surface area contributed by atoms with E-state index in [2.05, 4.69) is 22.8 Å². The summed E-state index contributed by atoms with van der Waals surface area (Å²) in [5, 5.41) is 8.05. The molecule has 1 fully saturated rings. The summed E-state index contributed by atoms with van der Waals surface area (Å²) in [7, 11) is 0. The van der Waals surface area contributed by atoms with Gasteiger partial charge in [-0.25, -0.2) is 0 Å². The number of para-hydroxylation sites is 1. The van der Waals surface area contributed by atoms with E-state index < -0.39 is 0 Å². The summed E-state index contributed by atoms with van der Waals surface area (Å²) >= 11 is 5.20. The summed E-state index contributed by atoms with van der Waals surface area (Å²) in [6.07, 6.45) is 4.72. The third-order valence-corrected chi connectivity index (χ3v) is 3.29. The summed E-state index contributed by atoms with van der Waals surface area (Å²) in [5.41, 5.74) is 5.14. The highest BCUT2D eigenvalue weighted by atomic mass is 32.1. The van der Waals surface area contributed by atoms with Crippen LogP contribution in [-0.4, -0.2) is 10.8 Å². The predicted octanol–water partition coefficient (Wildman–Crippen LogP) is 3.54. The van der Waals surface area contributed by atoms with Gasteiger partial charge in [-0.2, -0.15) is 5.10 Å². The van der Waals surface area contributed by atoms with Gasteiger partial charge < -0.3 is 5.32 Å². The van der Waals surface area contributed by atoms with Crippen LogP contribution in [0.1, 0.15) is 32.6 Å². The lowest BCUT2D eigenvalue weighted by atomic mass is 9.89. The fraction of sp³-hybridized carbons (Fsp3) is 0.429. The molecule has 0 spiro atoms. The van der Waals surface area contributed by atoms with Gasteiger partial charge in [0.2, 0.25) is 0 Å². The number of anilines is 1. The molecule has 4 heteroatoms. The van der Waals surface area contributed by atoms with Gasteiger partial charge in [0.1, 0.15) is 0 Å². The molecule has 0 bridgehead atoms. The second kappa shape index (κ2) is 6.50. The van der Waals surface area contributed by atoms with E-state index in [0.29, 0.717) is 5.11 Å². The molecule has 1 atom stereocenters. The van der Waals surface area contributed by atoms with Crippen LogP contribution >= 0.6 is 12.2 Å². The molecule has 2 rings (SSSR count). The molecule has 0 amide bonds. The Bertz CT molecular complexity index is 428. The van der Waals surface area contributed by atoms with Crippen molar-refractivity contribution in [2.75, 3.05) is 5.32 Å². The molecule has 2 N–H and O–H groups in total. The van der Waals surface area contributed by atoms with E-state index in [-0.39, 0.29) is 0 Å². The maximum atomic E-state index is 5.20. The van der Waals surface area contributed by atoms with E-state index in [1.165, 1.54) is 18.6 Å². The second-order valence-corrected chi connectivity index (χ2v) is 5.22. The van der Waals surface area contributed by atoms with Crippen LogP contribution in [0.3, 0.4) is 0 Å². The highest BCUT2D eigenvalue weighted by molar-refractivity contribution is 7.80. The SMILES string of the molecule is C[C@H]1CCCC(=NNC(=S)Nc2ccccc2)C1. The molecule has 0 radical (unpaired) electrons. The van der Waals surface area contributed by atoms with E-state index >= 15 is 0 Å². The quantitative estimate of drug-likeness (QED) is 0.631. The number of nitrogens with one attached hydrogen (secondary N) is 2. The highest BCUT2D eigenvalue weighted by Crippen LogP contribution is 2.20. The molecular formula is C14H19N3S. The van der Waals surface area contributed by atoms with E-state index in [0.717, 1.165) is 24.4 Å². The van der Waals surface area contributed by atoms with Crippen molar-refractivity contribution in [1.29, 1.82) is 0 Å². The Labute approximate surface area is 114 Å². The third kappa shape index (κ3) is 4.11. The molecule has 0 heterocycles. The molecule has 0 unspecified atom stereocenters. The summed E-state index contributed by atoms with van der Waals surface area (Å²) in [6, 6.07) is 9.87. The largest absolute Gasteiger partial charge is 0.331 e. The number of benzene rings is 1. The van der Waals surface area contributed by atoms with Crippen LogP contribution < -0.4 is 10.7 Å². The van der Waals surface area contributed by atoms with Crippen LogP contribution in [0.4, 0.5) is 5.69 Å². The summed E-state index contributed by atoms with van der Waals surface area (Å²) in [6.45, 7) is 2.27. The van der Waals surface area contributed by atoms with Gasteiger partial charge in [-0.3, -0.25) is 5.43 Å². The number of hydrogen-bond donors (Lipinski definition) is 2. The molecule has 1 aromatic carbocycles. The zero-order valence-corrected chi connectivity index (χ0v) is 11.5. The molecule has 0 aliphatic heterocycles. The molecule has 1 saturated carbocycles. The van der Waals surface area contributed by atoms with E-state index in [1.807, 2.05) is 30.3 Å². The number of hydrogen-bond acceptors (Lipinski definition) is 2. The lowest BCUT2D eigenvalue weighted by molar-refractivity contribution is 0.498. The molecule has 1 aliphatic rings. The zero-order valence-electron chi connectivity index (χ0n) is 10.6. The minimum atomic E-state index is 0.548. The van der Waals surface area contributed by atoms with E-state index in [1.54, 1.807) is 0 Å². The number of thiocarbonyl (C=S) groups is 1. The van der Waals surface area contributed by atoms with Gasteiger partial charge in [-0.1, -0.05) is 25.1 Å². The normalized spacial score (nSPS) is 21.6. The Hall–Kier alpha value is -1.42. The first-order chi connectivity index (χ1) is 8.74. The van der Waals surface area contributed by atoms with E-state index in [9.17, 15) is 0 Å². The van der Waals surface area contributed by atoms with Crippen molar-refractivity contribution in [1.82, 2.24) is 5.43 Å². The molecule has 18 heavy (non-hydrogen) atoms. The van der Waals surface area contributed by atoms with Crippen LogP contribution in [0.2, 0.25) is 0 Å². The maximum Gasteiger partial charge on any atom is 0.191 e. The first-order valence-corrected chi connectivity index (χ1v) is 6.82. The van der Waals surface area contributed by atoms with Crippen molar-refractivity contribution in [3.05, 3.63) is 30.3 Å². The first kappa shape index (κ1) is 13.0. The van der Waals surface area contributed by atoms with Crippen LogP contribution in [-0.2, 0) is 0 Å². The molecule has 1 aliphatic carbocycles. The van der Waals surface area contributed by atoms with Crippen LogP contribution in [0, 0.1) is 5.92 Å².